The molecule has 0 bridgehead atoms. The largest absolute Gasteiger partial charge is 0.359 e. The van der Waals surface area contributed by atoms with E-state index in [0.29, 0.717) is 5.69 Å². The molecule has 0 aliphatic carbocycles. The highest BCUT2D eigenvalue weighted by Gasteiger charge is 2.63. The van der Waals surface area contributed by atoms with E-state index in [1.54, 1.807) is 0 Å². The molecule has 3 heterocycles. The minimum absolute atomic E-state index is 0.0944. The second-order valence-electron chi connectivity index (χ2n) is 8.49. The molecule has 152 valence electrons. The zero-order chi connectivity index (χ0) is 21.3. The second kappa shape index (κ2) is 6.38. The first-order valence-electron chi connectivity index (χ1n) is 10.5. The molecule has 2 fully saturated rings. The summed E-state index contributed by atoms with van der Waals surface area (Å²) in [6.45, 7) is 1.51. The van der Waals surface area contributed by atoms with Crippen LogP contribution in [0.25, 0.3) is 16.8 Å². The van der Waals surface area contributed by atoms with Gasteiger partial charge in [0.1, 0.15) is 0 Å². The molecule has 5 heteroatoms. The molecule has 1 unspecified atom stereocenters. The van der Waals surface area contributed by atoms with Gasteiger partial charge in [0.05, 0.1) is 29.6 Å². The predicted octanol–water partition coefficient (Wildman–Crippen LogP) is 3.94. The van der Waals surface area contributed by atoms with Gasteiger partial charge in [-0.2, -0.15) is 0 Å². The lowest BCUT2D eigenvalue weighted by Crippen LogP contribution is -2.43. The SMILES string of the molecule is CC(=O)[C@@H]1[C@@H]2C(=O)N(c3ccc4ccccc4c3)C(=O)[C@@H]2C2c3ccccc3C=CN21. The van der Waals surface area contributed by atoms with Gasteiger partial charge in [-0.1, -0.05) is 54.6 Å². The first kappa shape index (κ1) is 18.1. The highest BCUT2D eigenvalue weighted by Crippen LogP contribution is 2.53. The number of anilines is 1. The topological polar surface area (TPSA) is 57.7 Å². The summed E-state index contributed by atoms with van der Waals surface area (Å²) in [5.41, 5.74) is 2.58. The summed E-state index contributed by atoms with van der Waals surface area (Å²) >= 11 is 0. The summed E-state index contributed by atoms with van der Waals surface area (Å²) in [7, 11) is 0. The van der Waals surface area contributed by atoms with Gasteiger partial charge in [0.2, 0.25) is 11.8 Å². The van der Waals surface area contributed by atoms with Crippen LogP contribution in [-0.4, -0.2) is 28.5 Å². The fourth-order valence-electron chi connectivity index (χ4n) is 5.59. The molecule has 3 aliphatic heterocycles. The van der Waals surface area contributed by atoms with Crippen molar-refractivity contribution < 1.29 is 14.4 Å². The Morgan fingerprint density at radius 3 is 2.35 bits per heavy atom. The maximum absolute atomic E-state index is 13.7. The van der Waals surface area contributed by atoms with Gasteiger partial charge in [0.25, 0.3) is 0 Å². The third kappa shape index (κ3) is 2.40. The van der Waals surface area contributed by atoms with Crippen LogP contribution in [0.1, 0.15) is 24.1 Å². The Hall–Kier alpha value is -3.73. The molecule has 0 saturated carbocycles. The van der Waals surface area contributed by atoms with Crippen molar-refractivity contribution in [3.8, 4) is 0 Å². The standard InChI is InChI=1S/C26H20N2O3/c1-15(29)23-21-22(24-20-9-5-4-7-17(20)12-13-27(23)24)26(31)28(25(21)30)19-11-10-16-6-2-3-8-18(16)14-19/h2-14,21-24H,1H3/t21-,22+,23-,24?/m1/s1. The average molecular weight is 408 g/mol. The molecule has 0 aromatic heterocycles. The van der Waals surface area contributed by atoms with Crippen molar-refractivity contribution in [3.63, 3.8) is 0 Å². The number of hydrogen-bond acceptors (Lipinski definition) is 4. The van der Waals surface area contributed by atoms with Crippen LogP contribution in [0.4, 0.5) is 5.69 Å². The van der Waals surface area contributed by atoms with Crippen LogP contribution >= 0.6 is 0 Å². The Labute approximate surface area is 179 Å². The van der Waals surface area contributed by atoms with Crippen LogP contribution in [0, 0.1) is 11.8 Å². The number of nitrogens with zero attached hydrogens (tertiary/aromatic N) is 2. The van der Waals surface area contributed by atoms with E-state index in [1.807, 2.05) is 83.9 Å². The number of Topliss-reactive ketones (excluding diaryl/α,β-unsaturated/α-hetero) is 1. The molecule has 6 rings (SSSR count). The van der Waals surface area contributed by atoms with Gasteiger partial charge in [0, 0.05) is 6.20 Å². The summed E-state index contributed by atoms with van der Waals surface area (Å²) < 4.78 is 0. The first-order chi connectivity index (χ1) is 15.1. The van der Waals surface area contributed by atoms with Crippen LogP contribution in [0.5, 0.6) is 0 Å². The maximum atomic E-state index is 13.7. The van der Waals surface area contributed by atoms with Crippen molar-refractivity contribution in [2.45, 2.75) is 19.0 Å². The number of carbonyl (C=O) groups is 3. The monoisotopic (exact) mass is 408 g/mol. The number of amides is 2. The van der Waals surface area contributed by atoms with Crippen molar-refractivity contribution in [3.05, 3.63) is 84.1 Å². The molecule has 0 radical (unpaired) electrons. The van der Waals surface area contributed by atoms with E-state index in [4.69, 9.17) is 0 Å². The molecule has 3 aromatic rings. The quantitative estimate of drug-likeness (QED) is 0.603. The van der Waals surface area contributed by atoms with E-state index in [2.05, 4.69) is 0 Å². The molecule has 5 nitrogen and oxygen atoms in total. The van der Waals surface area contributed by atoms with Crippen molar-refractivity contribution in [2.75, 3.05) is 4.90 Å². The summed E-state index contributed by atoms with van der Waals surface area (Å²) in [4.78, 5) is 43.2. The van der Waals surface area contributed by atoms with Crippen LogP contribution in [0.3, 0.4) is 0 Å². The first-order valence-corrected chi connectivity index (χ1v) is 10.5. The average Bonchev–Trinajstić information content (AvgIpc) is 3.26. The Morgan fingerprint density at radius 1 is 0.839 bits per heavy atom. The van der Waals surface area contributed by atoms with E-state index in [9.17, 15) is 14.4 Å². The second-order valence-corrected chi connectivity index (χ2v) is 8.49. The van der Waals surface area contributed by atoms with Gasteiger partial charge in [-0.05, 0) is 47.0 Å². The summed E-state index contributed by atoms with van der Waals surface area (Å²) in [5.74, 6) is -1.88. The maximum Gasteiger partial charge on any atom is 0.240 e. The number of rotatable bonds is 2. The predicted molar refractivity (Wildman–Crippen MR) is 118 cm³/mol. The molecular formula is C26H20N2O3. The smallest absolute Gasteiger partial charge is 0.240 e. The van der Waals surface area contributed by atoms with E-state index >= 15 is 0 Å². The fraction of sp³-hybridized carbons (Fsp3) is 0.192. The van der Waals surface area contributed by atoms with Crippen molar-refractivity contribution in [2.24, 2.45) is 11.8 Å². The van der Waals surface area contributed by atoms with Crippen molar-refractivity contribution in [1.82, 2.24) is 4.90 Å². The number of carbonyl (C=O) groups excluding carboxylic acids is 3. The van der Waals surface area contributed by atoms with Gasteiger partial charge in [-0.15, -0.1) is 0 Å². The Morgan fingerprint density at radius 2 is 1.55 bits per heavy atom. The fourth-order valence-corrected chi connectivity index (χ4v) is 5.59. The Balaban J connectivity index is 1.49. The molecular weight excluding hydrogens is 388 g/mol. The summed E-state index contributed by atoms with van der Waals surface area (Å²) in [6.07, 6.45) is 3.83. The minimum Gasteiger partial charge on any atom is -0.359 e. The molecule has 4 atom stereocenters. The van der Waals surface area contributed by atoms with Gasteiger partial charge >= 0.3 is 0 Å². The molecule has 31 heavy (non-hydrogen) atoms. The molecule has 3 aromatic carbocycles. The van der Waals surface area contributed by atoms with Gasteiger partial charge in [-0.25, -0.2) is 4.90 Å². The van der Waals surface area contributed by atoms with Crippen LogP contribution in [0.2, 0.25) is 0 Å². The third-order valence-electron chi connectivity index (χ3n) is 6.87. The number of ketones is 1. The molecule has 0 N–H and O–H groups in total. The zero-order valence-corrected chi connectivity index (χ0v) is 16.9. The number of fused-ring (bicyclic) bond motifs is 6. The van der Waals surface area contributed by atoms with Gasteiger partial charge < -0.3 is 4.90 Å². The molecule has 2 amide bonds. The van der Waals surface area contributed by atoms with Crippen LogP contribution < -0.4 is 4.90 Å². The van der Waals surface area contributed by atoms with Crippen molar-refractivity contribution >= 4 is 40.1 Å². The summed E-state index contributed by atoms with van der Waals surface area (Å²) in [6, 6.07) is 20.4. The van der Waals surface area contributed by atoms with E-state index in [1.165, 1.54) is 11.8 Å². The number of hydrogen-bond donors (Lipinski definition) is 0. The molecule has 2 saturated heterocycles. The normalized spacial score (nSPS) is 26.2. The lowest BCUT2D eigenvalue weighted by atomic mass is 9.84. The minimum atomic E-state index is -0.683. The Bertz CT molecular complexity index is 1310. The number of benzene rings is 3. The number of imide groups is 1. The van der Waals surface area contributed by atoms with E-state index in [-0.39, 0.29) is 23.6 Å². The Kier molecular flexibility index (Phi) is 3.72. The van der Waals surface area contributed by atoms with Gasteiger partial charge in [0.15, 0.2) is 5.78 Å². The van der Waals surface area contributed by atoms with E-state index in [0.717, 1.165) is 21.9 Å². The third-order valence-corrected chi connectivity index (χ3v) is 6.87. The van der Waals surface area contributed by atoms with Gasteiger partial charge in [-0.3, -0.25) is 14.4 Å². The molecule has 0 spiro atoms. The van der Waals surface area contributed by atoms with Crippen molar-refractivity contribution in [1.29, 1.82) is 0 Å². The zero-order valence-electron chi connectivity index (χ0n) is 16.9. The lowest BCUT2D eigenvalue weighted by molar-refractivity contribution is -0.129. The molecule has 3 aliphatic rings. The highest BCUT2D eigenvalue weighted by molar-refractivity contribution is 6.24. The van der Waals surface area contributed by atoms with E-state index < -0.39 is 17.9 Å². The lowest BCUT2D eigenvalue weighted by Gasteiger charge is -2.35. The summed E-state index contributed by atoms with van der Waals surface area (Å²) in [5, 5.41) is 2.01. The van der Waals surface area contributed by atoms with Crippen LogP contribution in [0.15, 0.2) is 72.9 Å². The van der Waals surface area contributed by atoms with Crippen LogP contribution in [-0.2, 0) is 14.4 Å². The highest BCUT2D eigenvalue weighted by atomic mass is 16.2.